The van der Waals surface area contributed by atoms with Crippen LogP contribution in [0.5, 0.6) is 0 Å². The number of hydrogen-bond donors (Lipinski definition) is 1. The molecule has 0 spiro atoms. The van der Waals surface area contributed by atoms with Crippen LogP contribution in [0.4, 0.5) is 0 Å². The summed E-state index contributed by atoms with van der Waals surface area (Å²) < 4.78 is 5.22. The van der Waals surface area contributed by atoms with Crippen LogP contribution < -0.4 is 5.32 Å². The molecule has 0 aromatic carbocycles. The SMILES string of the molecule is CNC(C(C)CCOC)C1CCCCC1(C)C. The highest BCUT2D eigenvalue weighted by Crippen LogP contribution is 2.44. The fourth-order valence-electron chi connectivity index (χ4n) is 3.55. The van der Waals surface area contributed by atoms with Gasteiger partial charge in [-0.2, -0.15) is 0 Å². The lowest BCUT2D eigenvalue weighted by Crippen LogP contribution is -2.47. The van der Waals surface area contributed by atoms with E-state index in [0.717, 1.165) is 18.9 Å². The molecular weight excluding hydrogens is 210 g/mol. The Morgan fingerprint density at radius 2 is 2.06 bits per heavy atom. The van der Waals surface area contributed by atoms with Gasteiger partial charge < -0.3 is 10.1 Å². The van der Waals surface area contributed by atoms with Crippen LogP contribution in [0, 0.1) is 17.3 Å². The van der Waals surface area contributed by atoms with Crippen molar-refractivity contribution in [3.63, 3.8) is 0 Å². The van der Waals surface area contributed by atoms with E-state index < -0.39 is 0 Å². The number of hydrogen-bond acceptors (Lipinski definition) is 2. The van der Waals surface area contributed by atoms with Gasteiger partial charge in [0.25, 0.3) is 0 Å². The van der Waals surface area contributed by atoms with Gasteiger partial charge in [0.1, 0.15) is 0 Å². The Bertz CT molecular complexity index is 215. The summed E-state index contributed by atoms with van der Waals surface area (Å²) in [6, 6.07) is 0.639. The van der Waals surface area contributed by atoms with E-state index in [2.05, 4.69) is 33.1 Å². The molecule has 3 atom stereocenters. The monoisotopic (exact) mass is 241 g/mol. The first kappa shape index (κ1) is 15.0. The number of rotatable bonds is 6. The maximum Gasteiger partial charge on any atom is 0.0465 e. The van der Waals surface area contributed by atoms with E-state index in [4.69, 9.17) is 4.74 Å². The Kier molecular flexibility index (Phi) is 5.94. The zero-order valence-corrected chi connectivity index (χ0v) is 12.4. The predicted molar refractivity (Wildman–Crippen MR) is 74.2 cm³/mol. The van der Waals surface area contributed by atoms with Crippen molar-refractivity contribution in [2.45, 2.75) is 58.9 Å². The van der Waals surface area contributed by atoms with Crippen molar-refractivity contribution in [2.75, 3.05) is 20.8 Å². The molecule has 1 aliphatic rings. The summed E-state index contributed by atoms with van der Waals surface area (Å²) in [5, 5.41) is 3.58. The molecule has 1 N–H and O–H groups in total. The van der Waals surface area contributed by atoms with E-state index >= 15 is 0 Å². The third kappa shape index (κ3) is 3.96. The summed E-state index contributed by atoms with van der Waals surface area (Å²) in [7, 11) is 3.92. The van der Waals surface area contributed by atoms with Gasteiger partial charge in [-0.1, -0.05) is 33.6 Å². The van der Waals surface area contributed by atoms with Crippen molar-refractivity contribution in [3.8, 4) is 0 Å². The van der Waals surface area contributed by atoms with Gasteiger partial charge in [0, 0.05) is 19.8 Å². The minimum absolute atomic E-state index is 0.493. The average molecular weight is 241 g/mol. The van der Waals surface area contributed by atoms with Gasteiger partial charge in [0.2, 0.25) is 0 Å². The van der Waals surface area contributed by atoms with Gasteiger partial charge in [0.15, 0.2) is 0 Å². The summed E-state index contributed by atoms with van der Waals surface area (Å²) in [5.41, 5.74) is 0.493. The van der Waals surface area contributed by atoms with Gasteiger partial charge in [-0.15, -0.1) is 0 Å². The minimum atomic E-state index is 0.493. The Hall–Kier alpha value is -0.0800. The van der Waals surface area contributed by atoms with Gasteiger partial charge in [-0.25, -0.2) is 0 Å². The summed E-state index contributed by atoms with van der Waals surface area (Å²) in [6.45, 7) is 8.14. The topological polar surface area (TPSA) is 21.3 Å². The van der Waals surface area contributed by atoms with Gasteiger partial charge in [-0.3, -0.25) is 0 Å². The lowest BCUT2D eigenvalue weighted by atomic mass is 9.63. The van der Waals surface area contributed by atoms with Gasteiger partial charge >= 0.3 is 0 Å². The summed E-state index contributed by atoms with van der Waals surface area (Å²) in [5.74, 6) is 1.51. The predicted octanol–water partition coefficient (Wildman–Crippen LogP) is 3.46. The van der Waals surface area contributed by atoms with E-state index in [1.807, 2.05) is 0 Å². The molecule has 2 heteroatoms. The molecule has 1 saturated carbocycles. The molecule has 1 fully saturated rings. The third-order valence-corrected chi connectivity index (χ3v) is 4.75. The molecule has 0 heterocycles. The number of ether oxygens (including phenoxy) is 1. The first-order chi connectivity index (χ1) is 8.03. The zero-order valence-electron chi connectivity index (χ0n) is 12.4. The fraction of sp³-hybridized carbons (Fsp3) is 1.00. The molecule has 0 aromatic heterocycles. The van der Waals surface area contributed by atoms with Crippen LogP contribution in [-0.2, 0) is 4.74 Å². The van der Waals surface area contributed by atoms with Crippen LogP contribution >= 0.6 is 0 Å². The van der Waals surface area contributed by atoms with Crippen molar-refractivity contribution < 1.29 is 4.74 Å². The van der Waals surface area contributed by atoms with E-state index in [1.54, 1.807) is 7.11 Å². The van der Waals surface area contributed by atoms with Crippen molar-refractivity contribution >= 4 is 0 Å². The smallest absolute Gasteiger partial charge is 0.0465 e. The lowest BCUT2D eigenvalue weighted by Gasteiger charge is -2.45. The molecule has 2 nitrogen and oxygen atoms in total. The van der Waals surface area contributed by atoms with Gasteiger partial charge in [0.05, 0.1) is 0 Å². The first-order valence-corrected chi connectivity index (χ1v) is 7.19. The molecule has 0 saturated heterocycles. The normalized spacial score (nSPS) is 27.7. The largest absolute Gasteiger partial charge is 0.385 e. The van der Waals surface area contributed by atoms with Crippen molar-refractivity contribution in [2.24, 2.45) is 17.3 Å². The van der Waals surface area contributed by atoms with Crippen molar-refractivity contribution in [1.82, 2.24) is 5.32 Å². The highest BCUT2D eigenvalue weighted by molar-refractivity contribution is 4.91. The van der Waals surface area contributed by atoms with E-state index in [1.165, 1.54) is 25.7 Å². The second-order valence-corrected chi connectivity index (χ2v) is 6.41. The summed E-state index contributed by atoms with van der Waals surface area (Å²) in [4.78, 5) is 0. The minimum Gasteiger partial charge on any atom is -0.385 e. The van der Waals surface area contributed by atoms with Gasteiger partial charge in [-0.05, 0) is 43.6 Å². The van der Waals surface area contributed by atoms with E-state index in [0.29, 0.717) is 17.4 Å². The van der Waals surface area contributed by atoms with Crippen LogP contribution in [0.25, 0.3) is 0 Å². The summed E-state index contributed by atoms with van der Waals surface area (Å²) in [6.07, 6.45) is 6.74. The lowest BCUT2D eigenvalue weighted by molar-refractivity contribution is 0.0696. The molecule has 0 radical (unpaired) electrons. The number of nitrogens with one attached hydrogen (secondary N) is 1. The van der Waals surface area contributed by atoms with Crippen molar-refractivity contribution in [3.05, 3.63) is 0 Å². The Morgan fingerprint density at radius 1 is 1.35 bits per heavy atom. The molecule has 102 valence electrons. The molecule has 1 aliphatic carbocycles. The van der Waals surface area contributed by atoms with Crippen LogP contribution in [0.3, 0.4) is 0 Å². The average Bonchev–Trinajstić information content (AvgIpc) is 2.29. The Labute approximate surface area is 108 Å². The fourth-order valence-corrected chi connectivity index (χ4v) is 3.55. The Balaban J connectivity index is 2.64. The highest BCUT2D eigenvalue weighted by Gasteiger charge is 2.38. The molecule has 0 amide bonds. The Morgan fingerprint density at radius 3 is 2.59 bits per heavy atom. The van der Waals surface area contributed by atoms with Crippen LogP contribution in [0.15, 0.2) is 0 Å². The molecule has 17 heavy (non-hydrogen) atoms. The standard InChI is InChI=1S/C15H31NO/c1-12(9-11-17-5)14(16-4)13-8-6-7-10-15(13,2)3/h12-14,16H,6-11H2,1-5H3. The second-order valence-electron chi connectivity index (χ2n) is 6.41. The molecule has 0 aliphatic heterocycles. The first-order valence-electron chi connectivity index (χ1n) is 7.19. The zero-order chi connectivity index (χ0) is 12.9. The molecule has 3 unspecified atom stereocenters. The maximum absolute atomic E-state index is 5.22. The second kappa shape index (κ2) is 6.75. The highest BCUT2D eigenvalue weighted by atomic mass is 16.5. The van der Waals surface area contributed by atoms with Crippen LogP contribution in [-0.4, -0.2) is 26.8 Å². The quantitative estimate of drug-likeness (QED) is 0.769. The molecule has 1 rings (SSSR count). The molecule has 0 aromatic rings. The van der Waals surface area contributed by atoms with E-state index in [9.17, 15) is 0 Å². The maximum atomic E-state index is 5.22. The van der Waals surface area contributed by atoms with Crippen LogP contribution in [0.2, 0.25) is 0 Å². The van der Waals surface area contributed by atoms with Crippen LogP contribution in [0.1, 0.15) is 52.9 Å². The van der Waals surface area contributed by atoms with E-state index in [-0.39, 0.29) is 0 Å². The molecule has 0 bridgehead atoms. The van der Waals surface area contributed by atoms with Crippen molar-refractivity contribution in [1.29, 1.82) is 0 Å². The summed E-state index contributed by atoms with van der Waals surface area (Å²) >= 11 is 0. The number of methoxy groups -OCH3 is 1. The third-order valence-electron chi connectivity index (χ3n) is 4.75. The molecular formula is C15H31NO.